The zero-order chi connectivity index (χ0) is 26.7. The Balaban J connectivity index is 2.02. The Kier molecular flexibility index (Phi) is 11.4. The maximum absolute atomic E-state index is 12.3. The zero-order valence-corrected chi connectivity index (χ0v) is 21.8. The van der Waals surface area contributed by atoms with Crippen LogP contribution in [0.2, 0.25) is 5.02 Å². The second-order valence-electron chi connectivity index (χ2n) is 7.73. The third-order valence-corrected chi connectivity index (χ3v) is 7.26. The SMILES string of the molecule is COCCOCCOC(=O)CCNc1cc(Oc2ccc(S(=O)(=O)C(C)C)cc2Cl)ccc1[N+](=O)[O-]. The van der Waals surface area contributed by atoms with Crippen molar-refractivity contribution in [2.75, 3.05) is 45.4 Å². The van der Waals surface area contributed by atoms with Crippen molar-refractivity contribution >= 4 is 38.8 Å². The van der Waals surface area contributed by atoms with Gasteiger partial charge in [0.2, 0.25) is 0 Å². The highest BCUT2D eigenvalue weighted by molar-refractivity contribution is 7.92. The van der Waals surface area contributed by atoms with E-state index in [1.165, 1.54) is 36.4 Å². The number of carbonyl (C=O) groups excluding carboxylic acids is 1. The summed E-state index contributed by atoms with van der Waals surface area (Å²) in [5.74, 6) is -0.0909. The van der Waals surface area contributed by atoms with Crippen molar-refractivity contribution in [3.63, 3.8) is 0 Å². The van der Waals surface area contributed by atoms with Crippen molar-refractivity contribution in [3.8, 4) is 11.5 Å². The second-order valence-corrected chi connectivity index (χ2v) is 10.6. The minimum absolute atomic E-state index is 0.0298. The van der Waals surface area contributed by atoms with E-state index in [0.717, 1.165) is 0 Å². The molecule has 0 heterocycles. The van der Waals surface area contributed by atoms with Gasteiger partial charge < -0.3 is 24.3 Å². The van der Waals surface area contributed by atoms with Gasteiger partial charge in [0.05, 0.1) is 46.3 Å². The fraction of sp³-hybridized carbons (Fsp3) is 0.435. The molecule has 0 aromatic heterocycles. The molecule has 0 aliphatic rings. The second kappa shape index (κ2) is 14.0. The molecule has 0 radical (unpaired) electrons. The van der Waals surface area contributed by atoms with Crippen LogP contribution >= 0.6 is 11.6 Å². The van der Waals surface area contributed by atoms with E-state index in [2.05, 4.69) is 5.32 Å². The van der Waals surface area contributed by atoms with Crippen molar-refractivity contribution in [1.82, 2.24) is 0 Å². The zero-order valence-electron chi connectivity index (χ0n) is 20.2. The van der Waals surface area contributed by atoms with Crippen LogP contribution in [0.3, 0.4) is 0 Å². The van der Waals surface area contributed by atoms with E-state index in [4.69, 9.17) is 30.5 Å². The van der Waals surface area contributed by atoms with Crippen LogP contribution in [0.25, 0.3) is 0 Å². The standard InChI is InChI=1S/C23H29ClN2O9S/c1-16(2)36(30,31)18-5-7-22(19(24)15-18)35-17-4-6-21(26(28)29)20(14-17)25-9-8-23(27)34-13-12-33-11-10-32-3/h4-7,14-16,25H,8-13H2,1-3H3. The summed E-state index contributed by atoms with van der Waals surface area (Å²) in [5.41, 5.74) is -0.0879. The molecule has 13 heteroatoms. The highest BCUT2D eigenvalue weighted by Gasteiger charge is 2.21. The molecule has 0 aliphatic carbocycles. The van der Waals surface area contributed by atoms with Crippen molar-refractivity contribution in [3.05, 3.63) is 51.5 Å². The summed E-state index contributed by atoms with van der Waals surface area (Å²) in [6.45, 7) is 4.37. The largest absolute Gasteiger partial charge is 0.463 e. The number of ether oxygens (including phenoxy) is 4. The van der Waals surface area contributed by atoms with E-state index in [1.54, 1.807) is 21.0 Å². The molecule has 198 valence electrons. The summed E-state index contributed by atoms with van der Waals surface area (Å²) in [7, 11) is -1.96. The average Bonchev–Trinajstić information content (AvgIpc) is 2.82. The Morgan fingerprint density at radius 1 is 1.11 bits per heavy atom. The van der Waals surface area contributed by atoms with Crippen LogP contribution in [0, 0.1) is 10.1 Å². The first kappa shape index (κ1) is 29.3. The molecule has 2 rings (SSSR count). The van der Waals surface area contributed by atoms with Crippen LogP contribution in [0.5, 0.6) is 11.5 Å². The van der Waals surface area contributed by atoms with Crippen molar-refractivity contribution in [2.24, 2.45) is 0 Å². The maximum atomic E-state index is 12.3. The van der Waals surface area contributed by atoms with Gasteiger partial charge in [-0.2, -0.15) is 0 Å². The lowest BCUT2D eigenvalue weighted by Gasteiger charge is -2.13. The number of anilines is 1. The topological polar surface area (TPSA) is 143 Å². The monoisotopic (exact) mass is 544 g/mol. The molecule has 0 bridgehead atoms. The van der Waals surface area contributed by atoms with Crippen molar-refractivity contribution in [1.29, 1.82) is 0 Å². The lowest BCUT2D eigenvalue weighted by Crippen LogP contribution is -2.15. The lowest BCUT2D eigenvalue weighted by atomic mass is 10.2. The molecule has 0 spiro atoms. The molecule has 2 aromatic carbocycles. The van der Waals surface area contributed by atoms with E-state index in [0.29, 0.717) is 13.2 Å². The van der Waals surface area contributed by atoms with Gasteiger partial charge in [-0.25, -0.2) is 8.42 Å². The molecule has 0 atom stereocenters. The number of rotatable bonds is 15. The Morgan fingerprint density at radius 2 is 1.83 bits per heavy atom. The van der Waals surface area contributed by atoms with Crippen LogP contribution in [-0.4, -0.2) is 64.6 Å². The van der Waals surface area contributed by atoms with E-state index in [1.807, 2.05) is 0 Å². The average molecular weight is 545 g/mol. The van der Waals surface area contributed by atoms with E-state index < -0.39 is 26.0 Å². The summed E-state index contributed by atoms with van der Waals surface area (Å²) in [6, 6.07) is 8.12. The number of nitrogens with one attached hydrogen (secondary N) is 1. The number of carbonyl (C=O) groups is 1. The molecule has 0 fully saturated rings. The molecule has 0 amide bonds. The van der Waals surface area contributed by atoms with Gasteiger partial charge in [-0.3, -0.25) is 14.9 Å². The first-order valence-electron chi connectivity index (χ1n) is 11.0. The number of halogens is 1. The summed E-state index contributed by atoms with van der Waals surface area (Å²) in [5, 5.41) is 13.7. The molecule has 2 aromatic rings. The molecular formula is C23H29ClN2O9S. The first-order valence-corrected chi connectivity index (χ1v) is 12.9. The molecule has 0 saturated heterocycles. The highest BCUT2D eigenvalue weighted by atomic mass is 35.5. The summed E-state index contributed by atoms with van der Waals surface area (Å²) < 4.78 is 45.5. The molecule has 0 unspecified atom stereocenters. The number of hydrogen-bond acceptors (Lipinski definition) is 10. The van der Waals surface area contributed by atoms with Crippen molar-refractivity contribution < 1.29 is 37.1 Å². The fourth-order valence-electron chi connectivity index (χ4n) is 2.85. The van der Waals surface area contributed by atoms with E-state index >= 15 is 0 Å². The van der Waals surface area contributed by atoms with Crippen molar-refractivity contribution in [2.45, 2.75) is 30.4 Å². The molecule has 1 N–H and O–H groups in total. The van der Waals surface area contributed by atoms with Gasteiger partial charge in [0.1, 0.15) is 23.8 Å². The Morgan fingerprint density at radius 3 is 2.47 bits per heavy atom. The van der Waals surface area contributed by atoms with Gasteiger partial charge in [-0.15, -0.1) is 0 Å². The van der Waals surface area contributed by atoms with Gasteiger partial charge in [-0.05, 0) is 38.1 Å². The number of nitrogens with zero attached hydrogens (tertiary/aromatic N) is 1. The minimum atomic E-state index is -3.51. The lowest BCUT2D eigenvalue weighted by molar-refractivity contribution is -0.384. The van der Waals surface area contributed by atoms with Gasteiger partial charge in [0.15, 0.2) is 9.84 Å². The third-order valence-electron chi connectivity index (χ3n) is 4.81. The highest BCUT2D eigenvalue weighted by Crippen LogP contribution is 2.35. The van der Waals surface area contributed by atoms with Crippen LogP contribution in [0.1, 0.15) is 20.3 Å². The van der Waals surface area contributed by atoms with Crippen LogP contribution in [-0.2, 0) is 28.8 Å². The number of methoxy groups -OCH3 is 1. The predicted octanol–water partition coefficient (Wildman–Crippen LogP) is 4.23. The minimum Gasteiger partial charge on any atom is -0.463 e. The molecule has 36 heavy (non-hydrogen) atoms. The maximum Gasteiger partial charge on any atom is 0.307 e. The predicted molar refractivity (Wildman–Crippen MR) is 134 cm³/mol. The van der Waals surface area contributed by atoms with Crippen LogP contribution in [0.4, 0.5) is 11.4 Å². The Bertz CT molecular complexity index is 1160. The van der Waals surface area contributed by atoms with Gasteiger partial charge in [0.25, 0.3) is 5.69 Å². The number of nitro groups is 1. The number of sulfone groups is 1. The van der Waals surface area contributed by atoms with Gasteiger partial charge >= 0.3 is 5.97 Å². The first-order chi connectivity index (χ1) is 17.1. The Labute approximate surface area is 214 Å². The van der Waals surface area contributed by atoms with Crippen LogP contribution in [0.15, 0.2) is 41.3 Å². The number of benzene rings is 2. The number of esters is 1. The normalized spacial score (nSPS) is 11.4. The molecule has 0 saturated carbocycles. The van der Waals surface area contributed by atoms with E-state index in [-0.39, 0.29) is 59.0 Å². The summed E-state index contributed by atoms with van der Waals surface area (Å²) >= 11 is 6.23. The summed E-state index contributed by atoms with van der Waals surface area (Å²) in [6.07, 6.45) is -0.0298. The fourth-order valence-corrected chi connectivity index (χ4v) is 4.22. The molecule has 11 nitrogen and oxygen atoms in total. The quantitative estimate of drug-likeness (QED) is 0.150. The summed E-state index contributed by atoms with van der Waals surface area (Å²) in [4.78, 5) is 22.8. The van der Waals surface area contributed by atoms with Gasteiger partial charge in [-0.1, -0.05) is 11.6 Å². The van der Waals surface area contributed by atoms with E-state index in [9.17, 15) is 23.3 Å². The third kappa shape index (κ3) is 8.63. The van der Waals surface area contributed by atoms with Gasteiger partial charge in [0, 0.05) is 25.8 Å². The number of nitro benzene ring substituents is 1. The molecular weight excluding hydrogens is 516 g/mol. The van der Waals surface area contributed by atoms with Crippen LogP contribution < -0.4 is 10.1 Å². The Hall–Kier alpha value is -2.93. The number of hydrogen-bond donors (Lipinski definition) is 1. The smallest absolute Gasteiger partial charge is 0.307 e. The molecule has 0 aliphatic heterocycles.